The first kappa shape index (κ1) is 22.1. The molecule has 0 unspecified atom stereocenters. The molecule has 4 nitrogen and oxygen atoms in total. The maximum atomic E-state index is 9.50. The molecule has 3 heterocycles. The van der Waals surface area contributed by atoms with E-state index < -0.39 is 0 Å². The molecule has 0 saturated heterocycles. The lowest BCUT2D eigenvalue weighted by Gasteiger charge is -2.11. The van der Waals surface area contributed by atoms with Gasteiger partial charge in [0.15, 0.2) is 5.82 Å². The van der Waals surface area contributed by atoms with Crippen molar-refractivity contribution in [2.75, 3.05) is 11.9 Å². The maximum absolute atomic E-state index is 9.50. The lowest BCUT2D eigenvalue weighted by Crippen LogP contribution is -2.08. The van der Waals surface area contributed by atoms with Gasteiger partial charge in [-0.15, -0.1) is 29.1 Å². The van der Waals surface area contributed by atoms with Crippen molar-refractivity contribution >= 4 is 44.8 Å². The molecule has 0 aliphatic heterocycles. The third kappa shape index (κ3) is 4.55. The molecule has 6 heteroatoms. The lowest BCUT2D eigenvalue weighted by molar-refractivity contribution is 0.475. The van der Waals surface area contributed by atoms with Crippen molar-refractivity contribution in [3.63, 3.8) is 0 Å². The van der Waals surface area contributed by atoms with E-state index in [1.807, 2.05) is 18.2 Å². The first-order chi connectivity index (χ1) is 15.5. The Morgan fingerprint density at radius 3 is 2.66 bits per heavy atom. The van der Waals surface area contributed by atoms with Gasteiger partial charge < -0.3 is 10.4 Å². The molecule has 4 aromatic rings. The Bertz CT molecular complexity index is 1310. The van der Waals surface area contributed by atoms with Crippen LogP contribution in [0.1, 0.15) is 41.3 Å². The van der Waals surface area contributed by atoms with E-state index in [1.165, 1.54) is 10.4 Å². The molecule has 0 saturated carbocycles. The number of terminal acetylenes is 1. The zero-order valence-electron chi connectivity index (χ0n) is 18.3. The number of rotatable bonds is 7. The van der Waals surface area contributed by atoms with Crippen LogP contribution >= 0.6 is 22.7 Å². The van der Waals surface area contributed by atoms with Crippen molar-refractivity contribution in [2.45, 2.75) is 33.1 Å². The quantitative estimate of drug-likeness (QED) is 0.296. The highest BCUT2D eigenvalue weighted by Gasteiger charge is 2.18. The molecule has 0 amide bonds. The van der Waals surface area contributed by atoms with Gasteiger partial charge in [0.25, 0.3) is 0 Å². The number of nitrogens with one attached hydrogen (secondary N) is 1. The van der Waals surface area contributed by atoms with Crippen molar-refractivity contribution in [3.05, 3.63) is 62.7 Å². The number of hydrogen-bond donors (Lipinski definition) is 2. The van der Waals surface area contributed by atoms with Gasteiger partial charge in [-0.3, -0.25) is 0 Å². The summed E-state index contributed by atoms with van der Waals surface area (Å²) in [5.41, 5.74) is 5.48. The van der Waals surface area contributed by atoms with Gasteiger partial charge >= 0.3 is 0 Å². The van der Waals surface area contributed by atoms with E-state index in [0.29, 0.717) is 11.7 Å². The van der Waals surface area contributed by atoms with Crippen molar-refractivity contribution in [1.29, 1.82) is 0 Å². The van der Waals surface area contributed by atoms with E-state index in [1.54, 1.807) is 40.9 Å². The van der Waals surface area contributed by atoms with Crippen molar-refractivity contribution < 1.29 is 5.11 Å². The minimum Gasteiger partial charge on any atom is -0.508 e. The van der Waals surface area contributed by atoms with Crippen LogP contribution < -0.4 is 5.32 Å². The monoisotopic (exact) mass is 459 g/mol. The minimum absolute atomic E-state index is 0.282. The molecule has 3 aromatic heterocycles. The summed E-state index contributed by atoms with van der Waals surface area (Å²) in [6.45, 7) is 7.20. The average molecular weight is 460 g/mol. The van der Waals surface area contributed by atoms with Crippen LogP contribution in [0, 0.1) is 19.3 Å². The number of allylic oxidation sites excluding steroid dienone is 1. The van der Waals surface area contributed by atoms with Crippen LogP contribution in [0.25, 0.3) is 27.7 Å². The number of aromatic nitrogens is 2. The summed E-state index contributed by atoms with van der Waals surface area (Å²) in [6.07, 6.45) is 9.96. The number of nitrogens with zero attached hydrogens (tertiary/aromatic N) is 2. The topological polar surface area (TPSA) is 58.0 Å². The van der Waals surface area contributed by atoms with Crippen LogP contribution in [-0.2, 0) is 6.42 Å². The highest BCUT2D eigenvalue weighted by atomic mass is 32.1. The van der Waals surface area contributed by atoms with Gasteiger partial charge in [0.1, 0.15) is 11.6 Å². The molecule has 0 atom stereocenters. The van der Waals surface area contributed by atoms with Crippen LogP contribution in [0.3, 0.4) is 0 Å². The minimum atomic E-state index is 0.282. The van der Waals surface area contributed by atoms with E-state index in [-0.39, 0.29) is 5.75 Å². The van der Waals surface area contributed by atoms with Gasteiger partial charge in [-0.25, -0.2) is 9.97 Å². The molecule has 4 rings (SSSR count). The average Bonchev–Trinajstić information content (AvgIpc) is 3.37. The normalized spacial score (nSPS) is 11.5. The van der Waals surface area contributed by atoms with Crippen molar-refractivity contribution in [3.8, 4) is 29.5 Å². The van der Waals surface area contributed by atoms with Gasteiger partial charge in [0.2, 0.25) is 0 Å². The third-order valence-corrected chi connectivity index (χ3v) is 7.24. The number of aromatic hydroxyl groups is 1. The van der Waals surface area contributed by atoms with Gasteiger partial charge in [-0.05, 0) is 65.6 Å². The Hall–Kier alpha value is -3.14. The molecule has 0 fully saturated rings. The number of aryl methyl sites for hydroxylation is 1. The maximum Gasteiger partial charge on any atom is 0.163 e. The smallest absolute Gasteiger partial charge is 0.163 e. The first-order valence-electron chi connectivity index (χ1n) is 10.5. The molecule has 32 heavy (non-hydrogen) atoms. The molecule has 162 valence electrons. The molecule has 2 N–H and O–H groups in total. The van der Waals surface area contributed by atoms with Crippen molar-refractivity contribution in [2.24, 2.45) is 0 Å². The molecule has 1 aromatic carbocycles. The predicted octanol–water partition coefficient (Wildman–Crippen LogP) is 6.86. The molecular formula is C26H25N3OS2. The summed E-state index contributed by atoms with van der Waals surface area (Å²) in [5, 5.41) is 17.3. The van der Waals surface area contributed by atoms with Crippen molar-refractivity contribution in [1.82, 2.24) is 9.97 Å². The second-order valence-corrected chi connectivity index (χ2v) is 9.85. The molecule has 0 radical (unpaired) electrons. The Labute approximate surface area is 196 Å². The third-order valence-electron chi connectivity index (χ3n) is 5.32. The Balaban J connectivity index is 1.73. The number of phenols is 1. The van der Waals surface area contributed by atoms with Crippen LogP contribution in [0.4, 0.5) is 5.82 Å². The van der Waals surface area contributed by atoms with Crippen LogP contribution in [0.5, 0.6) is 5.75 Å². The summed E-state index contributed by atoms with van der Waals surface area (Å²) in [5.74, 6) is 4.81. The fraction of sp³-hybridized carbons (Fsp3) is 0.231. The number of phenolic OH excluding ortho intramolecular Hbond substituents is 1. The molecule has 0 bridgehead atoms. The number of benzene rings is 1. The van der Waals surface area contributed by atoms with Crippen LogP contribution in [0.2, 0.25) is 0 Å². The summed E-state index contributed by atoms with van der Waals surface area (Å²) >= 11 is 3.36. The molecular weight excluding hydrogens is 434 g/mol. The predicted molar refractivity (Wildman–Crippen MR) is 138 cm³/mol. The van der Waals surface area contributed by atoms with Gasteiger partial charge in [0, 0.05) is 22.4 Å². The standard InChI is InChI=1S/C26H25N3OS2/c1-5-6-7-20-17(4)31-15-22(20)25-28-23-21(16(2)3)14-32-24(23)26(29-25)27-13-12-18-8-10-19(30)11-9-18/h1,6-11,14-16,30H,12-13H2,2-4H3,(H,27,28,29)/b7-6-. The van der Waals surface area contributed by atoms with E-state index >= 15 is 0 Å². The van der Waals surface area contributed by atoms with E-state index in [9.17, 15) is 5.11 Å². The zero-order chi connectivity index (χ0) is 22.7. The van der Waals surface area contributed by atoms with E-state index in [4.69, 9.17) is 16.4 Å². The highest BCUT2D eigenvalue weighted by Crippen LogP contribution is 2.37. The van der Waals surface area contributed by atoms with Gasteiger partial charge in [-0.1, -0.05) is 31.9 Å². The highest BCUT2D eigenvalue weighted by molar-refractivity contribution is 7.18. The number of thiophene rings is 2. The molecule has 0 aliphatic rings. The summed E-state index contributed by atoms with van der Waals surface area (Å²) < 4.78 is 1.08. The summed E-state index contributed by atoms with van der Waals surface area (Å²) in [7, 11) is 0. The fourth-order valence-corrected chi connectivity index (χ4v) is 5.51. The fourth-order valence-electron chi connectivity index (χ4n) is 3.55. The largest absolute Gasteiger partial charge is 0.508 e. The van der Waals surface area contributed by atoms with Crippen LogP contribution in [-0.4, -0.2) is 21.6 Å². The zero-order valence-corrected chi connectivity index (χ0v) is 20.0. The Kier molecular flexibility index (Phi) is 6.59. The summed E-state index contributed by atoms with van der Waals surface area (Å²) in [6, 6.07) is 7.32. The SMILES string of the molecule is C#C/C=C\c1c(-c2nc(NCCc3ccc(O)cc3)c3scc(C(C)C)c3n2)csc1C. The Morgan fingerprint density at radius 1 is 1.16 bits per heavy atom. The lowest BCUT2D eigenvalue weighted by atomic mass is 10.1. The van der Waals surface area contributed by atoms with Crippen LogP contribution in [0.15, 0.2) is 41.1 Å². The first-order valence-corrected chi connectivity index (χ1v) is 12.3. The second-order valence-electron chi connectivity index (χ2n) is 7.88. The van der Waals surface area contributed by atoms with E-state index in [0.717, 1.165) is 45.7 Å². The van der Waals surface area contributed by atoms with E-state index in [2.05, 4.69) is 42.8 Å². The van der Waals surface area contributed by atoms with Gasteiger partial charge in [-0.2, -0.15) is 0 Å². The summed E-state index contributed by atoms with van der Waals surface area (Å²) in [4.78, 5) is 11.1. The number of anilines is 1. The number of hydrogen-bond acceptors (Lipinski definition) is 6. The molecule has 0 aliphatic carbocycles. The molecule has 0 spiro atoms. The Morgan fingerprint density at radius 2 is 1.94 bits per heavy atom. The second kappa shape index (κ2) is 9.56. The van der Waals surface area contributed by atoms with Gasteiger partial charge in [0.05, 0.1) is 10.2 Å². The number of fused-ring (bicyclic) bond motifs is 1.